The Hall–Kier alpha value is -5.64. The molecule has 0 spiro atoms. The van der Waals surface area contributed by atoms with Crippen molar-refractivity contribution in [3.8, 4) is 0 Å². The number of rotatable bonds is 3. The monoisotopic (exact) mass is 610 g/mol. The van der Waals surface area contributed by atoms with E-state index in [0.29, 0.717) is 49.6 Å². The fourth-order valence-electron chi connectivity index (χ4n) is 7.80. The third kappa shape index (κ3) is 3.70. The number of benzene rings is 3. The number of anilines is 3. The summed E-state index contributed by atoms with van der Waals surface area (Å²) in [5, 5.41) is 2.91. The van der Waals surface area contributed by atoms with Gasteiger partial charge in [-0.05, 0) is 90.6 Å². The first kappa shape index (κ1) is 26.7. The van der Waals surface area contributed by atoms with Crippen LogP contribution in [0.25, 0.3) is 32.7 Å². The van der Waals surface area contributed by atoms with Gasteiger partial charge in [-0.3, -0.25) is 19.2 Å². The minimum atomic E-state index is -0.106. The second-order valence-corrected chi connectivity index (χ2v) is 12.5. The Kier molecular flexibility index (Phi) is 5.48. The maximum Gasteiger partial charge on any atom is 0.274 e. The Morgan fingerprint density at radius 1 is 0.522 bits per heavy atom. The van der Waals surface area contributed by atoms with Crippen molar-refractivity contribution in [3.05, 3.63) is 88.4 Å². The molecule has 228 valence electrons. The van der Waals surface area contributed by atoms with Crippen molar-refractivity contribution in [1.29, 1.82) is 0 Å². The molecule has 0 atom stereocenters. The van der Waals surface area contributed by atoms with Gasteiger partial charge in [0.1, 0.15) is 11.4 Å². The highest BCUT2D eigenvalue weighted by molar-refractivity contribution is 6.13. The van der Waals surface area contributed by atoms with Crippen LogP contribution < -0.4 is 14.7 Å². The number of hydrogen-bond acceptors (Lipinski definition) is 4. The van der Waals surface area contributed by atoms with Crippen LogP contribution in [0.4, 0.5) is 17.1 Å². The van der Waals surface area contributed by atoms with Gasteiger partial charge in [0.25, 0.3) is 11.8 Å². The van der Waals surface area contributed by atoms with E-state index in [1.165, 1.54) is 0 Å². The van der Waals surface area contributed by atoms with Gasteiger partial charge in [0.05, 0.1) is 5.69 Å². The second kappa shape index (κ2) is 9.43. The molecule has 0 aliphatic carbocycles. The molecular weight excluding hydrogens is 580 g/mol. The van der Waals surface area contributed by atoms with Gasteiger partial charge in [0.2, 0.25) is 5.91 Å². The van der Waals surface area contributed by atoms with Crippen molar-refractivity contribution < 1.29 is 19.2 Å². The average molecular weight is 611 g/mol. The molecule has 10 nitrogen and oxygen atoms in total. The lowest BCUT2D eigenvalue weighted by Gasteiger charge is -2.16. The van der Waals surface area contributed by atoms with Crippen LogP contribution in [0, 0.1) is 0 Å². The smallest absolute Gasteiger partial charge is 0.274 e. The number of nitrogens with one attached hydrogen (secondary N) is 3. The zero-order valence-electron chi connectivity index (χ0n) is 25.4. The number of aromatic nitrogens is 3. The SMILES string of the molecule is CC(=O)c1cc2c3c(ccc2[nH]1)N(C(=O)c1cc2c4c(ccc2[nH]1)N(C(=O)c1cc2c5c(ccc2[nH]1)N(C(C)=O)CC5)CC4)CC3. The lowest BCUT2D eigenvalue weighted by molar-refractivity contribution is -0.116. The van der Waals surface area contributed by atoms with Gasteiger partial charge >= 0.3 is 0 Å². The molecule has 3 N–H and O–H groups in total. The van der Waals surface area contributed by atoms with Gasteiger partial charge in [0.15, 0.2) is 5.78 Å². The number of carbonyl (C=O) groups is 4. The van der Waals surface area contributed by atoms with E-state index in [9.17, 15) is 19.2 Å². The van der Waals surface area contributed by atoms with E-state index in [-0.39, 0.29) is 23.5 Å². The quantitative estimate of drug-likeness (QED) is 0.224. The summed E-state index contributed by atoms with van der Waals surface area (Å²) >= 11 is 0. The van der Waals surface area contributed by atoms with E-state index in [4.69, 9.17) is 0 Å². The molecule has 3 aliphatic heterocycles. The van der Waals surface area contributed by atoms with Crippen molar-refractivity contribution in [1.82, 2.24) is 15.0 Å². The molecule has 9 rings (SSSR count). The number of fused-ring (bicyclic) bond motifs is 9. The van der Waals surface area contributed by atoms with Crippen LogP contribution in [0.15, 0.2) is 54.6 Å². The predicted octanol–water partition coefficient (Wildman–Crippen LogP) is 5.65. The van der Waals surface area contributed by atoms with E-state index < -0.39 is 0 Å². The van der Waals surface area contributed by atoms with E-state index >= 15 is 0 Å². The number of H-pyrrole nitrogens is 3. The molecule has 6 heterocycles. The van der Waals surface area contributed by atoms with Crippen molar-refractivity contribution >= 4 is 73.3 Å². The van der Waals surface area contributed by atoms with Gasteiger partial charge in [-0.1, -0.05) is 0 Å². The maximum absolute atomic E-state index is 13.9. The molecule has 46 heavy (non-hydrogen) atoms. The first-order valence-electron chi connectivity index (χ1n) is 15.6. The molecule has 0 unspecified atom stereocenters. The van der Waals surface area contributed by atoms with Gasteiger partial charge in [-0.2, -0.15) is 0 Å². The molecule has 0 fully saturated rings. The predicted molar refractivity (Wildman–Crippen MR) is 177 cm³/mol. The molecule has 10 heteroatoms. The van der Waals surface area contributed by atoms with Crippen LogP contribution >= 0.6 is 0 Å². The standard InChI is InChI=1S/C36H30N6O4/c1-18(43)29-15-23-21-10-13-41(33(21)7-4-26(23)37-29)36(46)31-17-25-22-11-14-42(34(22)8-5-28(25)39-31)35(45)30-16-24-20-9-12-40(19(2)44)32(20)6-3-27(24)38-30/h3-8,15-17,37-39H,9-14H2,1-2H3. The van der Waals surface area contributed by atoms with Crippen LogP contribution in [0.3, 0.4) is 0 Å². The molecule has 0 radical (unpaired) electrons. The van der Waals surface area contributed by atoms with E-state index in [1.54, 1.807) is 23.6 Å². The Morgan fingerprint density at radius 2 is 0.891 bits per heavy atom. The largest absolute Gasteiger partial charge is 0.352 e. The molecule has 3 aromatic heterocycles. The summed E-state index contributed by atoms with van der Waals surface area (Å²) in [6, 6.07) is 17.4. The first-order chi connectivity index (χ1) is 22.3. The highest BCUT2D eigenvalue weighted by Crippen LogP contribution is 2.39. The number of hydrogen-bond donors (Lipinski definition) is 3. The van der Waals surface area contributed by atoms with Gasteiger partial charge < -0.3 is 29.7 Å². The van der Waals surface area contributed by atoms with Crippen LogP contribution in [-0.2, 0) is 24.1 Å². The van der Waals surface area contributed by atoms with Crippen LogP contribution in [0.2, 0.25) is 0 Å². The number of aromatic amines is 3. The van der Waals surface area contributed by atoms with Crippen LogP contribution in [0.1, 0.15) is 62.0 Å². The summed E-state index contributed by atoms with van der Waals surface area (Å²) in [6.45, 7) is 4.87. The topological polar surface area (TPSA) is 125 Å². The minimum absolute atomic E-state index is 0.0200. The Labute approximate surface area is 263 Å². The Bertz CT molecular complexity index is 2360. The summed E-state index contributed by atoms with van der Waals surface area (Å²) in [7, 11) is 0. The maximum atomic E-state index is 13.9. The molecule has 6 aromatic rings. The van der Waals surface area contributed by atoms with Crippen molar-refractivity contribution in [2.24, 2.45) is 0 Å². The van der Waals surface area contributed by atoms with Crippen molar-refractivity contribution in [2.45, 2.75) is 33.1 Å². The molecule has 0 saturated carbocycles. The third-order valence-corrected chi connectivity index (χ3v) is 10.0. The number of amides is 3. The molecule has 3 amide bonds. The average Bonchev–Trinajstić information content (AvgIpc) is 3.88. The van der Waals surface area contributed by atoms with Gasteiger partial charge in [-0.15, -0.1) is 0 Å². The highest BCUT2D eigenvalue weighted by Gasteiger charge is 2.32. The lowest BCUT2D eigenvalue weighted by Crippen LogP contribution is -2.29. The molecule has 0 saturated heterocycles. The van der Waals surface area contributed by atoms with Gasteiger partial charge in [-0.25, -0.2) is 0 Å². The molecule has 3 aliphatic rings. The van der Waals surface area contributed by atoms with Crippen LogP contribution in [0.5, 0.6) is 0 Å². The van der Waals surface area contributed by atoms with Crippen molar-refractivity contribution in [3.63, 3.8) is 0 Å². The zero-order chi connectivity index (χ0) is 31.4. The molecule has 0 bridgehead atoms. The minimum Gasteiger partial charge on any atom is -0.352 e. The zero-order valence-corrected chi connectivity index (χ0v) is 25.4. The normalized spacial score (nSPS) is 15.3. The summed E-state index contributed by atoms with van der Waals surface area (Å²) in [5.74, 6) is -0.208. The number of Topliss-reactive ketones (excluding diaryl/α,β-unsaturated/α-hetero) is 1. The van der Waals surface area contributed by atoms with E-state index in [0.717, 1.165) is 72.9 Å². The lowest BCUT2D eigenvalue weighted by atomic mass is 10.1. The summed E-state index contributed by atoms with van der Waals surface area (Å²) in [5.41, 5.74) is 10.1. The molecular formula is C36H30N6O4. The fourth-order valence-corrected chi connectivity index (χ4v) is 7.80. The Morgan fingerprint density at radius 3 is 1.30 bits per heavy atom. The summed E-state index contributed by atoms with van der Waals surface area (Å²) in [4.78, 5) is 67.0. The second-order valence-electron chi connectivity index (χ2n) is 12.5. The number of nitrogens with zero attached hydrogens (tertiary/aromatic N) is 3. The van der Waals surface area contributed by atoms with E-state index in [2.05, 4.69) is 15.0 Å². The first-order valence-corrected chi connectivity index (χ1v) is 15.6. The summed E-state index contributed by atoms with van der Waals surface area (Å²) in [6.07, 6.45) is 2.16. The number of carbonyl (C=O) groups excluding carboxylic acids is 4. The van der Waals surface area contributed by atoms with Crippen LogP contribution in [-0.4, -0.2) is 58.1 Å². The fraction of sp³-hybridized carbons (Fsp3) is 0.222. The van der Waals surface area contributed by atoms with Crippen molar-refractivity contribution in [2.75, 3.05) is 34.3 Å². The van der Waals surface area contributed by atoms with Gasteiger partial charge in [0, 0.05) is 83.3 Å². The Balaban J connectivity index is 1.02. The molecule has 3 aromatic carbocycles. The van der Waals surface area contributed by atoms with E-state index in [1.807, 2.05) is 59.5 Å². The summed E-state index contributed by atoms with van der Waals surface area (Å²) < 4.78 is 0. The third-order valence-electron chi connectivity index (χ3n) is 10.0. The number of ketones is 1. The highest BCUT2D eigenvalue weighted by atomic mass is 16.2.